The molecule has 4 rings (SSSR count). The fraction of sp³-hybridized carbons (Fsp3) is 0.781. The summed E-state index contributed by atoms with van der Waals surface area (Å²) in [4.78, 5) is 38.1. The second-order valence-electron chi connectivity index (χ2n) is 13.5. The van der Waals surface area contributed by atoms with E-state index in [4.69, 9.17) is 9.47 Å². The smallest absolute Gasteiger partial charge is 0.303 e. The van der Waals surface area contributed by atoms with Crippen LogP contribution >= 0.6 is 0 Å². The highest BCUT2D eigenvalue weighted by Gasteiger charge is 2.61. The minimum absolute atomic E-state index is 0.128. The van der Waals surface area contributed by atoms with E-state index in [1.54, 1.807) is 0 Å². The number of carbonyl (C=O) groups is 3. The van der Waals surface area contributed by atoms with Gasteiger partial charge in [0.25, 0.3) is 0 Å². The molecule has 0 unspecified atom stereocenters. The lowest BCUT2D eigenvalue weighted by atomic mass is 9.49. The average molecular weight is 513 g/mol. The van der Waals surface area contributed by atoms with E-state index in [9.17, 15) is 14.4 Å². The molecular formula is C32H48O5. The normalized spacial score (nSPS) is 39.2. The van der Waals surface area contributed by atoms with Gasteiger partial charge in [0.2, 0.25) is 0 Å². The van der Waals surface area contributed by atoms with Crippen molar-refractivity contribution in [2.75, 3.05) is 0 Å². The van der Waals surface area contributed by atoms with E-state index < -0.39 is 0 Å². The average Bonchev–Trinajstić information content (AvgIpc) is 3.13. The number of ether oxygens (including phenoxy) is 2. The summed E-state index contributed by atoms with van der Waals surface area (Å²) >= 11 is 0. The summed E-state index contributed by atoms with van der Waals surface area (Å²) in [5.41, 5.74) is 1.71. The van der Waals surface area contributed by atoms with Crippen LogP contribution in [0, 0.1) is 46.3 Å². The maximum absolute atomic E-state index is 14.1. The Hall–Kier alpha value is -1.91. The van der Waals surface area contributed by atoms with E-state index >= 15 is 0 Å². The number of rotatable bonds is 6. The van der Waals surface area contributed by atoms with Crippen LogP contribution in [-0.4, -0.2) is 29.9 Å². The quantitative estimate of drug-likeness (QED) is 0.288. The molecule has 206 valence electrons. The number of allylic oxidation sites excluding steroid dienone is 3. The zero-order valence-electron chi connectivity index (χ0n) is 24.3. The molecule has 0 aromatic carbocycles. The predicted molar refractivity (Wildman–Crippen MR) is 144 cm³/mol. The number of hydrogen-bond acceptors (Lipinski definition) is 5. The molecule has 4 aliphatic carbocycles. The minimum atomic E-state index is -0.360. The van der Waals surface area contributed by atoms with Crippen molar-refractivity contribution >= 4 is 17.7 Å². The van der Waals surface area contributed by atoms with Crippen LogP contribution in [0.15, 0.2) is 23.3 Å². The highest BCUT2D eigenvalue weighted by atomic mass is 16.5. The first kappa shape index (κ1) is 28.1. The van der Waals surface area contributed by atoms with Crippen LogP contribution in [0.1, 0.15) is 100 Å². The number of ketones is 1. The fourth-order valence-electron chi connectivity index (χ4n) is 8.49. The minimum Gasteiger partial charge on any atom is -0.463 e. The second kappa shape index (κ2) is 10.3. The van der Waals surface area contributed by atoms with Crippen molar-refractivity contribution in [2.24, 2.45) is 46.3 Å². The van der Waals surface area contributed by atoms with Crippen molar-refractivity contribution in [3.05, 3.63) is 23.3 Å². The Bertz CT molecular complexity index is 991. The van der Waals surface area contributed by atoms with Crippen molar-refractivity contribution in [1.29, 1.82) is 0 Å². The maximum atomic E-state index is 14.1. The highest BCUT2D eigenvalue weighted by molar-refractivity contribution is 5.99. The molecule has 0 spiro atoms. The van der Waals surface area contributed by atoms with Gasteiger partial charge in [0, 0.05) is 25.8 Å². The van der Waals surface area contributed by atoms with E-state index in [0.29, 0.717) is 36.5 Å². The molecule has 0 aromatic rings. The number of carbonyl (C=O) groups excluding carboxylic acids is 3. The van der Waals surface area contributed by atoms with Crippen LogP contribution in [0.3, 0.4) is 0 Å². The SMILES string of the molecule is CC(=O)O[C@@H]1CC[C@]2(C)C3=C([C@H](OC(C)=O)C[C@H]2C1)[C@@H]1CC[C@@H]([C@H](C)/C=C/[C@H](C)C(C)C)[C@]1(C)CC3=O. The largest absolute Gasteiger partial charge is 0.463 e. The van der Waals surface area contributed by atoms with Gasteiger partial charge < -0.3 is 9.47 Å². The van der Waals surface area contributed by atoms with Gasteiger partial charge >= 0.3 is 11.9 Å². The van der Waals surface area contributed by atoms with Crippen molar-refractivity contribution in [1.82, 2.24) is 0 Å². The second-order valence-corrected chi connectivity index (χ2v) is 13.5. The molecule has 0 aliphatic heterocycles. The molecule has 5 heteroatoms. The van der Waals surface area contributed by atoms with Crippen LogP contribution in [0.5, 0.6) is 0 Å². The van der Waals surface area contributed by atoms with Crippen LogP contribution in [0.25, 0.3) is 0 Å². The van der Waals surface area contributed by atoms with Crippen LogP contribution in [0.4, 0.5) is 0 Å². The summed E-state index contributed by atoms with van der Waals surface area (Å²) < 4.78 is 11.6. The number of Topliss-reactive ketones (excluding diaryl/α,β-unsaturated/α-hetero) is 1. The third-order valence-corrected chi connectivity index (χ3v) is 10.8. The van der Waals surface area contributed by atoms with Crippen molar-refractivity contribution in [3.63, 3.8) is 0 Å². The lowest BCUT2D eigenvalue weighted by molar-refractivity contribution is -0.154. The molecule has 0 radical (unpaired) electrons. The first-order chi connectivity index (χ1) is 17.3. The van der Waals surface area contributed by atoms with Crippen molar-refractivity contribution in [2.45, 2.75) is 113 Å². The van der Waals surface area contributed by atoms with Crippen molar-refractivity contribution in [3.8, 4) is 0 Å². The van der Waals surface area contributed by atoms with E-state index in [-0.39, 0.29) is 52.6 Å². The molecular weight excluding hydrogens is 464 g/mol. The third kappa shape index (κ3) is 5.08. The molecule has 0 N–H and O–H groups in total. The molecule has 0 bridgehead atoms. The summed E-state index contributed by atoms with van der Waals surface area (Å²) in [5, 5.41) is 0. The maximum Gasteiger partial charge on any atom is 0.303 e. The molecule has 5 nitrogen and oxygen atoms in total. The Labute approximate surface area is 223 Å². The zero-order valence-corrected chi connectivity index (χ0v) is 24.3. The third-order valence-electron chi connectivity index (χ3n) is 10.8. The monoisotopic (exact) mass is 512 g/mol. The van der Waals surface area contributed by atoms with Gasteiger partial charge in [-0.3, -0.25) is 14.4 Å². The van der Waals surface area contributed by atoms with Crippen LogP contribution in [0.2, 0.25) is 0 Å². The first-order valence-electron chi connectivity index (χ1n) is 14.6. The van der Waals surface area contributed by atoms with Gasteiger partial charge in [0.15, 0.2) is 5.78 Å². The van der Waals surface area contributed by atoms with E-state index in [2.05, 4.69) is 53.7 Å². The first-order valence-corrected chi connectivity index (χ1v) is 14.6. The molecule has 0 saturated heterocycles. The molecule has 9 atom stereocenters. The summed E-state index contributed by atoms with van der Waals surface area (Å²) in [6.45, 7) is 16.6. The van der Waals surface area contributed by atoms with E-state index in [1.165, 1.54) is 13.8 Å². The summed E-state index contributed by atoms with van der Waals surface area (Å²) in [6, 6.07) is 0. The van der Waals surface area contributed by atoms with Crippen LogP contribution in [-0.2, 0) is 23.9 Å². The number of esters is 2. The summed E-state index contributed by atoms with van der Waals surface area (Å²) in [6.07, 6.45) is 9.98. The van der Waals surface area contributed by atoms with Gasteiger partial charge in [-0.25, -0.2) is 0 Å². The van der Waals surface area contributed by atoms with E-state index in [1.807, 2.05) is 0 Å². The standard InChI is InChI=1S/C32H48O5/c1-18(2)19(3)9-10-20(4)25-11-12-26-29-28(37-22(6)34)16-23-15-24(36-21(5)33)13-14-31(23,7)30(29)27(35)17-32(25,26)8/h9-10,18-20,23-26,28H,11-17H2,1-8H3/b10-9+/t19-,20+,23+,24+,25-,26-,28+,31-,32-/m0/s1. The molecule has 4 aliphatic rings. The molecule has 0 amide bonds. The Kier molecular flexibility index (Phi) is 7.85. The van der Waals surface area contributed by atoms with E-state index in [0.717, 1.165) is 43.3 Å². The Morgan fingerprint density at radius 1 is 0.946 bits per heavy atom. The van der Waals surface area contributed by atoms with Crippen LogP contribution < -0.4 is 0 Å². The Balaban J connectivity index is 1.70. The fourth-order valence-corrected chi connectivity index (χ4v) is 8.49. The number of hydrogen-bond donors (Lipinski definition) is 0. The Morgan fingerprint density at radius 2 is 1.62 bits per heavy atom. The van der Waals surface area contributed by atoms with Gasteiger partial charge in [-0.1, -0.05) is 53.7 Å². The zero-order chi connectivity index (χ0) is 27.3. The summed E-state index contributed by atoms with van der Waals surface area (Å²) in [5.74, 6) is 2.07. The Morgan fingerprint density at radius 3 is 2.24 bits per heavy atom. The summed E-state index contributed by atoms with van der Waals surface area (Å²) in [7, 11) is 0. The molecule has 2 fully saturated rings. The van der Waals surface area contributed by atoms with Crippen molar-refractivity contribution < 1.29 is 23.9 Å². The lowest BCUT2D eigenvalue weighted by Gasteiger charge is -2.55. The lowest BCUT2D eigenvalue weighted by Crippen LogP contribution is -2.53. The number of fused-ring (bicyclic) bond motifs is 4. The molecule has 2 saturated carbocycles. The molecule has 0 aromatic heterocycles. The molecule has 0 heterocycles. The topological polar surface area (TPSA) is 69.7 Å². The predicted octanol–water partition coefficient (Wildman–Crippen LogP) is 6.85. The van der Waals surface area contributed by atoms with Gasteiger partial charge in [0.05, 0.1) is 0 Å². The highest BCUT2D eigenvalue weighted by Crippen LogP contribution is 2.65. The van der Waals surface area contributed by atoms with Gasteiger partial charge in [-0.15, -0.1) is 0 Å². The van der Waals surface area contributed by atoms with Gasteiger partial charge in [0.1, 0.15) is 12.2 Å². The van der Waals surface area contributed by atoms with Gasteiger partial charge in [-0.2, -0.15) is 0 Å². The molecule has 37 heavy (non-hydrogen) atoms. The van der Waals surface area contributed by atoms with Gasteiger partial charge in [-0.05, 0) is 90.4 Å².